The van der Waals surface area contributed by atoms with Crippen LogP contribution >= 0.6 is 11.6 Å². The molecule has 1 aromatic rings. The fraction of sp³-hybridized carbons (Fsp3) is 0.462. The summed E-state index contributed by atoms with van der Waals surface area (Å²) in [7, 11) is 0. The first-order valence-corrected chi connectivity index (χ1v) is 6.57. The highest BCUT2D eigenvalue weighted by atomic mass is 35.5. The van der Waals surface area contributed by atoms with E-state index in [0.29, 0.717) is 24.8 Å². The maximum absolute atomic E-state index is 11.8. The average Bonchev–Trinajstić information content (AvgIpc) is 2.46. The number of carbonyl (C=O) groups excluding carboxylic acids is 1. The minimum atomic E-state index is -0.745. The molecule has 1 aliphatic heterocycles. The Bertz CT molecular complexity index is 418. The number of hydrogen-bond acceptors (Lipinski definition) is 4. The molecule has 1 heterocycles. The van der Waals surface area contributed by atoms with Crippen LogP contribution in [0, 0.1) is 0 Å². The van der Waals surface area contributed by atoms with Gasteiger partial charge in [0.05, 0.1) is 19.3 Å². The molecule has 1 amide bonds. The molecule has 0 aromatic heterocycles. The lowest BCUT2D eigenvalue weighted by Crippen LogP contribution is -2.51. The summed E-state index contributed by atoms with van der Waals surface area (Å²) in [6.07, 6.45) is -0.745. The van der Waals surface area contributed by atoms with Gasteiger partial charge in [0.2, 0.25) is 5.91 Å². The van der Waals surface area contributed by atoms with Crippen molar-refractivity contribution in [1.29, 1.82) is 0 Å². The molecule has 0 radical (unpaired) electrons. The number of benzene rings is 1. The largest absolute Gasteiger partial charge is 0.387 e. The molecule has 3 N–H and O–H groups in total. The molecule has 1 aliphatic rings. The van der Waals surface area contributed by atoms with Gasteiger partial charge >= 0.3 is 0 Å². The van der Waals surface area contributed by atoms with Crippen molar-refractivity contribution in [1.82, 2.24) is 10.6 Å². The van der Waals surface area contributed by atoms with Crippen LogP contribution in [0.2, 0.25) is 5.02 Å². The van der Waals surface area contributed by atoms with Crippen LogP contribution in [0.1, 0.15) is 11.7 Å². The van der Waals surface area contributed by atoms with Crippen LogP contribution in [-0.4, -0.2) is 43.4 Å². The van der Waals surface area contributed by atoms with Crippen LogP contribution in [0.4, 0.5) is 0 Å². The third kappa shape index (κ3) is 4.18. The number of nitrogens with one attached hydrogen (secondary N) is 2. The van der Waals surface area contributed by atoms with Crippen LogP contribution in [0.15, 0.2) is 24.3 Å². The zero-order chi connectivity index (χ0) is 13.7. The maximum atomic E-state index is 11.8. The van der Waals surface area contributed by atoms with Crippen LogP contribution in [0.25, 0.3) is 0 Å². The summed E-state index contributed by atoms with van der Waals surface area (Å²) in [4.78, 5) is 11.8. The third-order valence-corrected chi connectivity index (χ3v) is 3.21. The highest BCUT2D eigenvalue weighted by Gasteiger charge is 2.21. The number of aliphatic hydroxyl groups excluding tert-OH is 1. The van der Waals surface area contributed by atoms with Gasteiger partial charge in [-0.25, -0.2) is 0 Å². The van der Waals surface area contributed by atoms with Crippen molar-refractivity contribution < 1.29 is 14.6 Å². The lowest BCUT2D eigenvalue weighted by Gasteiger charge is -2.23. The summed E-state index contributed by atoms with van der Waals surface area (Å²) in [5.74, 6) is -0.160. The molecule has 5 nitrogen and oxygen atoms in total. The van der Waals surface area contributed by atoms with Gasteiger partial charge in [0, 0.05) is 18.1 Å². The number of halogens is 1. The van der Waals surface area contributed by atoms with E-state index >= 15 is 0 Å². The Morgan fingerprint density at radius 2 is 2.26 bits per heavy atom. The monoisotopic (exact) mass is 284 g/mol. The molecule has 0 unspecified atom stereocenters. The molecule has 0 spiro atoms. The topological polar surface area (TPSA) is 70.6 Å². The van der Waals surface area contributed by atoms with E-state index in [1.165, 1.54) is 0 Å². The zero-order valence-electron chi connectivity index (χ0n) is 10.4. The van der Waals surface area contributed by atoms with Crippen LogP contribution in [-0.2, 0) is 9.53 Å². The Morgan fingerprint density at radius 1 is 1.53 bits per heavy atom. The second-order valence-corrected chi connectivity index (χ2v) is 4.83. The van der Waals surface area contributed by atoms with E-state index in [9.17, 15) is 9.90 Å². The molecule has 0 saturated carbocycles. The van der Waals surface area contributed by atoms with Gasteiger partial charge in [0.15, 0.2) is 0 Å². The lowest BCUT2D eigenvalue weighted by atomic mass is 10.1. The zero-order valence-corrected chi connectivity index (χ0v) is 11.2. The van der Waals surface area contributed by atoms with Gasteiger partial charge in [-0.2, -0.15) is 0 Å². The Labute approximate surface area is 116 Å². The van der Waals surface area contributed by atoms with Gasteiger partial charge in [-0.1, -0.05) is 23.7 Å². The second-order valence-electron chi connectivity index (χ2n) is 4.39. The number of carbonyl (C=O) groups is 1. The van der Waals surface area contributed by atoms with Crippen LogP contribution in [0.3, 0.4) is 0 Å². The highest BCUT2D eigenvalue weighted by molar-refractivity contribution is 6.30. The van der Waals surface area contributed by atoms with Gasteiger partial charge in [-0.15, -0.1) is 0 Å². The van der Waals surface area contributed by atoms with E-state index in [-0.39, 0.29) is 18.5 Å². The average molecular weight is 285 g/mol. The number of hydrogen-bond donors (Lipinski definition) is 3. The number of amides is 1. The molecule has 1 saturated heterocycles. The first-order valence-electron chi connectivity index (χ1n) is 6.19. The molecule has 0 aliphatic carbocycles. The fourth-order valence-corrected chi connectivity index (χ4v) is 1.98. The lowest BCUT2D eigenvalue weighted by molar-refractivity contribution is -0.126. The van der Waals surface area contributed by atoms with Crippen molar-refractivity contribution in [2.75, 3.05) is 26.3 Å². The summed E-state index contributed by atoms with van der Waals surface area (Å²) < 4.78 is 5.21. The molecule has 2 rings (SSSR count). The molecular weight excluding hydrogens is 268 g/mol. The Hall–Kier alpha value is -1.14. The summed E-state index contributed by atoms with van der Waals surface area (Å²) in [5, 5.41) is 16.3. The van der Waals surface area contributed by atoms with Crippen molar-refractivity contribution in [2.45, 2.75) is 12.1 Å². The summed E-state index contributed by atoms with van der Waals surface area (Å²) in [6.45, 7) is 1.82. The third-order valence-electron chi connectivity index (χ3n) is 2.96. The highest BCUT2D eigenvalue weighted by Crippen LogP contribution is 2.15. The molecule has 2 atom stereocenters. The first kappa shape index (κ1) is 14.3. The van der Waals surface area contributed by atoms with E-state index < -0.39 is 6.10 Å². The van der Waals surface area contributed by atoms with Gasteiger partial charge in [0.1, 0.15) is 6.04 Å². The van der Waals surface area contributed by atoms with Gasteiger partial charge in [-0.3, -0.25) is 4.79 Å². The Balaban J connectivity index is 1.80. The van der Waals surface area contributed by atoms with Crippen molar-refractivity contribution >= 4 is 17.5 Å². The van der Waals surface area contributed by atoms with E-state index in [1.54, 1.807) is 24.3 Å². The first-order chi connectivity index (χ1) is 9.16. The summed E-state index contributed by atoms with van der Waals surface area (Å²) in [5.41, 5.74) is 0.720. The molecule has 6 heteroatoms. The molecule has 0 bridgehead atoms. The standard InChI is InChI=1S/C13H17ClN2O3/c14-10-3-1-9(2-4-10)12(17)7-16-13(18)11-8-19-6-5-15-11/h1-4,11-12,15,17H,5-8H2,(H,16,18)/t11-,12-/m1/s1. The van der Waals surface area contributed by atoms with Crippen LogP contribution in [0.5, 0.6) is 0 Å². The smallest absolute Gasteiger partial charge is 0.239 e. The predicted octanol–water partition coefficient (Wildman–Crippen LogP) is 0.478. The van der Waals surface area contributed by atoms with E-state index in [2.05, 4.69) is 10.6 Å². The maximum Gasteiger partial charge on any atom is 0.239 e. The SMILES string of the molecule is O=C(NC[C@@H](O)c1ccc(Cl)cc1)[C@H]1COCCN1. The van der Waals surface area contributed by atoms with Gasteiger partial charge in [-0.05, 0) is 17.7 Å². The van der Waals surface area contributed by atoms with Crippen molar-refractivity contribution in [3.8, 4) is 0 Å². The normalized spacial score (nSPS) is 20.8. The van der Waals surface area contributed by atoms with E-state index in [0.717, 1.165) is 5.56 Å². The van der Waals surface area contributed by atoms with Gasteiger partial charge in [0.25, 0.3) is 0 Å². The minimum Gasteiger partial charge on any atom is -0.387 e. The Morgan fingerprint density at radius 3 is 2.89 bits per heavy atom. The number of morpholine rings is 1. The fourth-order valence-electron chi connectivity index (χ4n) is 1.86. The molecule has 1 fully saturated rings. The van der Waals surface area contributed by atoms with Crippen LogP contribution < -0.4 is 10.6 Å². The molecular formula is C13H17ClN2O3. The van der Waals surface area contributed by atoms with Crippen molar-refractivity contribution in [2.24, 2.45) is 0 Å². The van der Waals surface area contributed by atoms with Crippen molar-refractivity contribution in [3.05, 3.63) is 34.9 Å². The quantitative estimate of drug-likeness (QED) is 0.752. The summed E-state index contributed by atoms with van der Waals surface area (Å²) >= 11 is 5.77. The predicted molar refractivity (Wildman–Crippen MR) is 72.0 cm³/mol. The molecule has 19 heavy (non-hydrogen) atoms. The Kier molecular flexibility index (Phi) is 5.15. The second kappa shape index (κ2) is 6.86. The van der Waals surface area contributed by atoms with Crippen molar-refractivity contribution in [3.63, 3.8) is 0 Å². The van der Waals surface area contributed by atoms with E-state index in [4.69, 9.17) is 16.3 Å². The number of ether oxygens (including phenoxy) is 1. The van der Waals surface area contributed by atoms with Gasteiger partial charge < -0.3 is 20.5 Å². The number of aliphatic hydroxyl groups is 1. The number of rotatable bonds is 4. The van der Waals surface area contributed by atoms with E-state index in [1.807, 2.05) is 0 Å². The summed E-state index contributed by atoms with van der Waals surface area (Å²) in [6, 6.07) is 6.55. The molecule has 104 valence electrons. The minimum absolute atomic E-state index is 0.160. The molecule has 1 aromatic carbocycles.